The highest BCUT2D eigenvalue weighted by molar-refractivity contribution is 7.99. The molecule has 2 rings (SSSR count). The first-order valence-electron chi connectivity index (χ1n) is 6.56. The predicted molar refractivity (Wildman–Crippen MR) is 81.5 cm³/mol. The lowest BCUT2D eigenvalue weighted by atomic mass is 10.1. The fraction of sp³-hybridized carbons (Fsp3) is 0.312. The molecule has 0 aliphatic carbocycles. The maximum Gasteiger partial charge on any atom is 0.0571 e. The average molecular weight is 272 g/mol. The number of nitrogens with two attached hydrogens (primary N) is 1. The van der Waals surface area contributed by atoms with E-state index < -0.39 is 0 Å². The van der Waals surface area contributed by atoms with Gasteiger partial charge in [0.05, 0.1) is 5.69 Å². The van der Waals surface area contributed by atoms with Gasteiger partial charge in [-0.2, -0.15) is 0 Å². The van der Waals surface area contributed by atoms with Crippen LogP contribution in [0.25, 0.3) is 0 Å². The van der Waals surface area contributed by atoms with Crippen LogP contribution in [0.3, 0.4) is 0 Å². The van der Waals surface area contributed by atoms with E-state index in [1.54, 1.807) is 11.8 Å². The maximum absolute atomic E-state index is 5.97. The zero-order chi connectivity index (χ0) is 13.8. The molecule has 2 N–H and O–H groups in total. The van der Waals surface area contributed by atoms with Gasteiger partial charge in [0.2, 0.25) is 0 Å². The van der Waals surface area contributed by atoms with E-state index >= 15 is 0 Å². The van der Waals surface area contributed by atoms with Crippen LogP contribution >= 0.6 is 11.8 Å². The molecule has 19 heavy (non-hydrogen) atoms. The van der Waals surface area contributed by atoms with Crippen molar-refractivity contribution in [3.8, 4) is 0 Å². The molecule has 100 valence electrons. The van der Waals surface area contributed by atoms with E-state index in [4.69, 9.17) is 5.73 Å². The lowest BCUT2D eigenvalue weighted by molar-refractivity contribution is 0.674. The lowest BCUT2D eigenvalue weighted by Gasteiger charge is -2.09. The summed E-state index contributed by atoms with van der Waals surface area (Å²) in [5.74, 6) is 0. The number of pyridine rings is 1. The van der Waals surface area contributed by atoms with Gasteiger partial charge in [0.25, 0.3) is 0 Å². The summed E-state index contributed by atoms with van der Waals surface area (Å²) in [5.41, 5.74) is 9.53. The summed E-state index contributed by atoms with van der Waals surface area (Å²) in [7, 11) is 0. The molecule has 1 heterocycles. The summed E-state index contributed by atoms with van der Waals surface area (Å²) in [5, 5.41) is 0. The number of aryl methyl sites for hydroxylation is 2. The Morgan fingerprint density at radius 1 is 1.21 bits per heavy atom. The minimum absolute atomic E-state index is 0.0418. The molecule has 0 saturated heterocycles. The molecule has 0 unspecified atom stereocenters. The van der Waals surface area contributed by atoms with Crippen LogP contribution in [0.2, 0.25) is 0 Å². The fourth-order valence-corrected chi connectivity index (χ4v) is 2.77. The quantitative estimate of drug-likeness (QED) is 0.904. The van der Waals surface area contributed by atoms with Crippen molar-refractivity contribution in [2.75, 3.05) is 0 Å². The number of rotatable bonds is 4. The first kappa shape index (κ1) is 14.1. The molecule has 0 radical (unpaired) electrons. The normalized spacial score (nSPS) is 12.4. The summed E-state index contributed by atoms with van der Waals surface area (Å²) in [4.78, 5) is 6.88. The fourth-order valence-electron chi connectivity index (χ4n) is 1.92. The van der Waals surface area contributed by atoms with Crippen LogP contribution in [-0.4, -0.2) is 4.98 Å². The Bertz CT molecular complexity index is 549. The second-order valence-corrected chi connectivity index (χ2v) is 5.92. The predicted octanol–water partition coefficient (Wildman–Crippen LogP) is 4.26. The van der Waals surface area contributed by atoms with Gasteiger partial charge >= 0.3 is 0 Å². The van der Waals surface area contributed by atoms with Crippen LogP contribution in [0.1, 0.15) is 36.2 Å². The minimum Gasteiger partial charge on any atom is -0.323 e. The molecule has 0 spiro atoms. The van der Waals surface area contributed by atoms with E-state index in [0.717, 1.165) is 17.0 Å². The molecule has 1 atom stereocenters. The van der Waals surface area contributed by atoms with Crippen molar-refractivity contribution in [1.29, 1.82) is 0 Å². The molecule has 0 aliphatic rings. The smallest absolute Gasteiger partial charge is 0.0571 e. The van der Waals surface area contributed by atoms with Gasteiger partial charge in [-0.25, -0.2) is 0 Å². The second kappa shape index (κ2) is 6.22. The largest absolute Gasteiger partial charge is 0.323 e. The first-order chi connectivity index (χ1) is 9.10. The zero-order valence-electron chi connectivity index (χ0n) is 11.7. The average Bonchev–Trinajstić information content (AvgIpc) is 2.42. The van der Waals surface area contributed by atoms with Crippen molar-refractivity contribution in [2.45, 2.75) is 43.0 Å². The van der Waals surface area contributed by atoms with E-state index in [1.165, 1.54) is 16.0 Å². The Hall–Kier alpha value is -1.32. The van der Waals surface area contributed by atoms with Crippen LogP contribution in [0.5, 0.6) is 0 Å². The molecular formula is C16H20N2S. The Morgan fingerprint density at radius 3 is 2.58 bits per heavy atom. The molecule has 0 aliphatic heterocycles. The van der Waals surface area contributed by atoms with Gasteiger partial charge in [-0.1, -0.05) is 36.4 Å². The monoisotopic (exact) mass is 272 g/mol. The van der Waals surface area contributed by atoms with Gasteiger partial charge in [0.15, 0.2) is 0 Å². The van der Waals surface area contributed by atoms with E-state index in [9.17, 15) is 0 Å². The van der Waals surface area contributed by atoms with E-state index in [1.807, 2.05) is 12.3 Å². The molecule has 1 aromatic heterocycles. The van der Waals surface area contributed by atoms with E-state index in [2.05, 4.69) is 50.0 Å². The Kier molecular flexibility index (Phi) is 4.61. The summed E-state index contributed by atoms with van der Waals surface area (Å²) in [6.45, 7) is 6.33. The van der Waals surface area contributed by atoms with Gasteiger partial charge in [-0.15, -0.1) is 0 Å². The van der Waals surface area contributed by atoms with Gasteiger partial charge in [-0.3, -0.25) is 4.98 Å². The second-order valence-electron chi connectivity index (χ2n) is 4.80. The third-order valence-electron chi connectivity index (χ3n) is 3.14. The molecular weight excluding hydrogens is 252 g/mol. The highest BCUT2D eigenvalue weighted by Gasteiger charge is 2.06. The first-order valence-corrected chi connectivity index (χ1v) is 7.38. The zero-order valence-corrected chi connectivity index (χ0v) is 12.5. The third-order valence-corrected chi connectivity index (χ3v) is 4.29. The number of nitrogens with zero attached hydrogens (tertiary/aromatic N) is 1. The molecule has 0 amide bonds. The van der Waals surface area contributed by atoms with Crippen LogP contribution < -0.4 is 5.73 Å². The highest BCUT2D eigenvalue weighted by Crippen LogP contribution is 2.30. The molecule has 0 bridgehead atoms. The highest BCUT2D eigenvalue weighted by atomic mass is 32.2. The van der Waals surface area contributed by atoms with Crippen molar-refractivity contribution >= 4 is 11.8 Å². The number of hydrogen-bond acceptors (Lipinski definition) is 3. The maximum atomic E-state index is 5.97. The summed E-state index contributed by atoms with van der Waals surface area (Å²) in [6.07, 6.45) is 2.82. The Balaban J connectivity index is 2.15. The molecule has 2 aromatic rings. The standard InChI is InChI=1S/C16H20N2S/c1-4-14(17)15-7-6-13(10-18-15)19-16-8-5-11(2)9-12(16)3/h5-10,14H,4,17H2,1-3H3/t14-/m0/s1. The number of hydrogen-bond donors (Lipinski definition) is 1. The SMILES string of the molecule is CC[C@H](N)c1ccc(Sc2ccc(C)cc2C)cn1. The van der Waals surface area contributed by atoms with Gasteiger partial charge in [0, 0.05) is 22.0 Å². The molecule has 0 fully saturated rings. The summed E-state index contributed by atoms with van der Waals surface area (Å²) < 4.78 is 0. The van der Waals surface area contributed by atoms with Crippen molar-refractivity contribution in [1.82, 2.24) is 4.98 Å². The summed E-state index contributed by atoms with van der Waals surface area (Å²) >= 11 is 1.75. The molecule has 0 saturated carbocycles. The number of benzene rings is 1. The van der Waals surface area contributed by atoms with Crippen LogP contribution in [0.15, 0.2) is 46.3 Å². The molecule has 3 heteroatoms. The number of aromatic nitrogens is 1. The minimum atomic E-state index is 0.0418. The summed E-state index contributed by atoms with van der Waals surface area (Å²) in [6, 6.07) is 10.7. The lowest BCUT2D eigenvalue weighted by Crippen LogP contribution is -2.10. The van der Waals surface area contributed by atoms with Gasteiger partial charge < -0.3 is 5.73 Å². The molecule has 1 aromatic carbocycles. The third kappa shape index (κ3) is 3.58. The Labute approximate surface area is 119 Å². The van der Waals surface area contributed by atoms with Crippen LogP contribution in [0.4, 0.5) is 0 Å². The van der Waals surface area contributed by atoms with Crippen LogP contribution in [-0.2, 0) is 0 Å². The van der Waals surface area contributed by atoms with Crippen molar-refractivity contribution in [3.63, 3.8) is 0 Å². The van der Waals surface area contributed by atoms with Crippen LogP contribution in [0, 0.1) is 13.8 Å². The van der Waals surface area contributed by atoms with E-state index in [-0.39, 0.29) is 6.04 Å². The van der Waals surface area contributed by atoms with Crippen molar-refractivity contribution < 1.29 is 0 Å². The van der Waals surface area contributed by atoms with Gasteiger partial charge in [-0.05, 0) is 44.0 Å². The van der Waals surface area contributed by atoms with Gasteiger partial charge in [0.1, 0.15) is 0 Å². The van der Waals surface area contributed by atoms with Crippen molar-refractivity contribution in [2.24, 2.45) is 5.73 Å². The van der Waals surface area contributed by atoms with Crippen molar-refractivity contribution in [3.05, 3.63) is 53.3 Å². The topological polar surface area (TPSA) is 38.9 Å². The molecule has 2 nitrogen and oxygen atoms in total. The Morgan fingerprint density at radius 2 is 2.00 bits per heavy atom. The van der Waals surface area contributed by atoms with E-state index in [0.29, 0.717) is 0 Å².